The topological polar surface area (TPSA) is 74.1 Å². The highest BCUT2D eigenvalue weighted by Crippen LogP contribution is 2.35. The van der Waals surface area contributed by atoms with E-state index in [2.05, 4.69) is 26.3 Å². The first-order valence-electron chi connectivity index (χ1n) is 10.1. The Labute approximate surface area is 159 Å². The zero-order valence-corrected chi connectivity index (χ0v) is 15.5. The molecule has 3 fully saturated rings. The van der Waals surface area contributed by atoms with Crippen LogP contribution in [0.3, 0.4) is 0 Å². The number of nitriles is 1. The third kappa shape index (κ3) is 3.15. The van der Waals surface area contributed by atoms with Crippen molar-refractivity contribution in [2.24, 2.45) is 0 Å². The minimum absolute atomic E-state index is 0.434. The molecule has 140 valence electrons. The third-order valence-electron chi connectivity index (χ3n) is 6.54. The predicted molar refractivity (Wildman–Crippen MR) is 103 cm³/mol. The molecule has 0 bridgehead atoms. The summed E-state index contributed by atoms with van der Waals surface area (Å²) < 4.78 is 5.87. The van der Waals surface area contributed by atoms with Crippen molar-refractivity contribution in [3.63, 3.8) is 0 Å². The van der Waals surface area contributed by atoms with Crippen LogP contribution in [0.4, 0.5) is 5.82 Å². The van der Waals surface area contributed by atoms with Gasteiger partial charge in [-0.3, -0.25) is 4.90 Å². The maximum absolute atomic E-state index is 9.18. The Kier molecular flexibility index (Phi) is 4.42. The van der Waals surface area contributed by atoms with Gasteiger partial charge in [-0.05, 0) is 56.7 Å². The monoisotopic (exact) mass is 363 g/mol. The van der Waals surface area contributed by atoms with Gasteiger partial charge in [0.15, 0.2) is 0 Å². The number of ether oxygens (including phenoxy) is 1. The Hall–Kier alpha value is -2.23. The van der Waals surface area contributed by atoms with Crippen LogP contribution >= 0.6 is 0 Å². The first kappa shape index (κ1) is 16.9. The van der Waals surface area contributed by atoms with E-state index < -0.39 is 0 Å². The lowest BCUT2D eigenvalue weighted by atomic mass is 9.89. The molecule has 3 heterocycles. The highest BCUT2D eigenvalue weighted by Gasteiger charge is 2.42. The van der Waals surface area contributed by atoms with Crippen LogP contribution in [0.15, 0.2) is 24.5 Å². The molecule has 0 radical (unpaired) electrons. The van der Waals surface area contributed by atoms with Gasteiger partial charge >= 0.3 is 0 Å². The molecule has 1 aromatic heterocycles. The molecule has 2 atom stereocenters. The Morgan fingerprint density at radius 1 is 1.11 bits per heavy atom. The molecule has 0 spiro atoms. The van der Waals surface area contributed by atoms with Crippen LogP contribution in [-0.2, 0) is 4.74 Å². The summed E-state index contributed by atoms with van der Waals surface area (Å²) in [4.78, 5) is 11.5. The molecule has 2 saturated heterocycles. The summed E-state index contributed by atoms with van der Waals surface area (Å²) in [6.45, 7) is 2.14. The van der Waals surface area contributed by atoms with E-state index in [4.69, 9.17) is 4.74 Å². The average molecular weight is 363 g/mol. The minimum atomic E-state index is 0.434. The predicted octanol–water partition coefficient (Wildman–Crippen LogP) is 3.09. The van der Waals surface area contributed by atoms with E-state index in [1.807, 2.05) is 12.1 Å². The normalized spacial score (nSPS) is 30.9. The van der Waals surface area contributed by atoms with Gasteiger partial charge in [0.05, 0.1) is 23.3 Å². The van der Waals surface area contributed by atoms with E-state index in [0.29, 0.717) is 29.8 Å². The van der Waals surface area contributed by atoms with Crippen LogP contribution in [0.2, 0.25) is 0 Å². The van der Waals surface area contributed by atoms with Crippen molar-refractivity contribution in [1.82, 2.24) is 14.9 Å². The van der Waals surface area contributed by atoms with Gasteiger partial charge in [0.1, 0.15) is 12.1 Å². The van der Waals surface area contributed by atoms with Crippen LogP contribution in [-0.4, -0.2) is 52.2 Å². The molecule has 6 nitrogen and oxygen atoms in total. The van der Waals surface area contributed by atoms with Crippen molar-refractivity contribution in [3.8, 4) is 6.07 Å². The van der Waals surface area contributed by atoms with Crippen LogP contribution in [0.5, 0.6) is 0 Å². The van der Waals surface area contributed by atoms with Crippen molar-refractivity contribution in [3.05, 3.63) is 30.1 Å². The second-order valence-electron chi connectivity index (χ2n) is 8.01. The Morgan fingerprint density at radius 2 is 2.00 bits per heavy atom. The van der Waals surface area contributed by atoms with Gasteiger partial charge in [0, 0.05) is 36.7 Å². The molecule has 1 aromatic carbocycles. The first-order chi connectivity index (χ1) is 13.3. The molecule has 27 heavy (non-hydrogen) atoms. The van der Waals surface area contributed by atoms with Crippen molar-refractivity contribution >= 4 is 16.7 Å². The van der Waals surface area contributed by atoms with Crippen LogP contribution < -0.4 is 5.32 Å². The summed E-state index contributed by atoms with van der Waals surface area (Å²) >= 11 is 0. The molecular weight excluding hydrogens is 338 g/mol. The number of hydrogen-bond donors (Lipinski definition) is 1. The van der Waals surface area contributed by atoms with E-state index in [-0.39, 0.29) is 0 Å². The van der Waals surface area contributed by atoms with E-state index in [1.165, 1.54) is 32.2 Å². The second kappa shape index (κ2) is 7.06. The molecule has 2 unspecified atom stereocenters. The lowest BCUT2D eigenvalue weighted by Gasteiger charge is -2.37. The standard InChI is InChI=1S/C21H25N5O/c22-12-14-1-6-18-17(11-14)21(24-13-23-18)25-15-2-4-16(5-3-15)26-9-7-20-19(26)8-10-27-20/h1,6,11,13,15-16,19-20H,2-5,7-10H2,(H,23,24,25)/t15-,16-,19?,20?. The summed E-state index contributed by atoms with van der Waals surface area (Å²) in [5.74, 6) is 0.853. The summed E-state index contributed by atoms with van der Waals surface area (Å²) in [7, 11) is 0. The van der Waals surface area contributed by atoms with Crippen molar-refractivity contribution < 1.29 is 4.74 Å². The molecular formula is C21H25N5O. The molecule has 6 heteroatoms. The van der Waals surface area contributed by atoms with E-state index in [9.17, 15) is 5.26 Å². The second-order valence-corrected chi connectivity index (χ2v) is 8.01. The van der Waals surface area contributed by atoms with Gasteiger partial charge < -0.3 is 10.1 Å². The fourth-order valence-corrected chi connectivity index (χ4v) is 5.17. The zero-order valence-electron chi connectivity index (χ0n) is 15.5. The van der Waals surface area contributed by atoms with Gasteiger partial charge in [-0.2, -0.15) is 5.26 Å². The van der Waals surface area contributed by atoms with Crippen LogP contribution in [0, 0.1) is 11.3 Å². The number of hydrogen-bond acceptors (Lipinski definition) is 6. The summed E-state index contributed by atoms with van der Waals surface area (Å²) in [6, 6.07) is 9.59. The quantitative estimate of drug-likeness (QED) is 0.903. The number of rotatable bonds is 3. The van der Waals surface area contributed by atoms with Gasteiger partial charge in [0.2, 0.25) is 0 Å². The molecule has 1 saturated carbocycles. The first-order valence-corrected chi connectivity index (χ1v) is 10.1. The Bertz CT molecular complexity index is 870. The van der Waals surface area contributed by atoms with Crippen molar-refractivity contribution in [2.75, 3.05) is 18.5 Å². The number of aromatic nitrogens is 2. The van der Waals surface area contributed by atoms with Gasteiger partial charge in [-0.1, -0.05) is 0 Å². The largest absolute Gasteiger partial charge is 0.376 e. The maximum atomic E-state index is 9.18. The number of nitrogens with one attached hydrogen (secondary N) is 1. The number of nitrogens with zero attached hydrogens (tertiary/aromatic N) is 4. The minimum Gasteiger partial charge on any atom is -0.376 e. The zero-order chi connectivity index (χ0) is 18.2. The third-order valence-corrected chi connectivity index (χ3v) is 6.54. The van der Waals surface area contributed by atoms with Gasteiger partial charge in [0.25, 0.3) is 0 Å². The van der Waals surface area contributed by atoms with Gasteiger partial charge in [-0.25, -0.2) is 9.97 Å². The highest BCUT2D eigenvalue weighted by atomic mass is 16.5. The Balaban J connectivity index is 1.26. The maximum Gasteiger partial charge on any atom is 0.137 e. The van der Waals surface area contributed by atoms with Crippen LogP contribution in [0.1, 0.15) is 44.1 Å². The van der Waals surface area contributed by atoms with Gasteiger partial charge in [-0.15, -0.1) is 0 Å². The SMILES string of the molecule is N#Cc1ccc2ncnc(N[C@H]3CC[C@H](N4CCC5OCCC54)CC3)c2c1. The molecule has 3 aliphatic rings. The lowest BCUT2D eigenvalue weighted by molar-refractivity contribution is 0.0924. The highest BCUT2D eigenvalue weighted by molar-refractivity contribution is 5.89. The average Bonchev–Trinajstić information content (AvgIpc) is 3.32. The molecule has 0 amide bonds. The molecule has 2 aromatic rings. The van der Waals surface area contributed by atoms with E-state index in [0.717, 1.165) is 36.2 Å². The van der Waals surface area contributed by atoms with E-state index in [1.54, 1.807) is 12.4 Å². The molecule has 5 rings (SSSR count). The fraction of sp³-hybridized carbons (Fsp3) is 0.571. The van der Waals surface area contributed by atoms with Crippen molar-refractivity contribution in [1.29, 1.82) is 5.26 Å². The molecule has 1 N–H and O–H groups in total. The smallest absolute Gasteiger partial charge is 0.137 e. The van der Waals surface area contributed by atoms with Crippen molar-refractivity contribution in [2.45, 2.75) is 62.8 Å². The number of fused-ring (bicyclic) bond motifs is 2. The number of benzene rings is 1. The fourth-order valence-electron chi connectivity index (χ4n) is 5.17. The summed E-state index contributed by atoms with van der Waals surface area (Å²) in [6.07, 6.45) is 9.27. The molecule has 2 aliphatic heterocycles. The number of anilines is 1. The molecule has 1 aliphatic carbocycles. The lowest BCUT2D eigenvalue weighted by Crippen LogP contribution is -2.44. The summed E-state index contributed by atoms with van der Waals surface area (Å²) in [5, 5.41) is 13.7. The van der Waals surface area contributed by atoms with E-state index >= 15 is 0 Å². The number of likely N-dealkylation sites (tertiary alicyclic amines) is 1. The Morgan fingerprint density at radius 3 is 2.85 bits per heavy atom. The summed E-state index contributed by atoms with van der Waals surface area (Å²) in [5.41, 5.74) is 1.52. The van der Waals surface area contributed by atoms with Crippen LogP contribution in [0.25, 0.3) is 10.9 Å².